The fraction of sp³-hybridized carbons (Fsp3) is 0.167. The molecule has 0 fully saturated rings. The second-order valence-corrected chi connectivity index (χ2v) is 5.01. The zero-order chi connectivity index (χ0) is 14.7. The number of aliphatic hydroxyl groups excluding tert-OH is 1. The summed E-state index contributed by atoms with van der Waals surface area (Å²) in [6, 6.07) is 17.9. The van der Waals surface area contributed by atoms with Crippen LogP contribution in [0.5, 0.6) is 0 Å². The average Bonchev–Trinajstić information content (AvgIpc) is 3.05. The fourth-order valence-electron chi connectivity index (χ4n) is 2.50. The van der Waals surface area contributed by atoms with Crippen LogP contribution in [0, 0.1) is 0 Å². The Morgan fingerprint density at radius 1 is 1.05 bits per heavy atom. The monoisotopic (exact) mass is 278 g/mol. The van der Waals surface area contributed by atoms with E-state index in [0.717, 1.165) is 28.8 Å². The number of aromatic nitrogens is 2. The van der Waals surface area contributed by atoms with Crippen LogP contribution >= 0.6 is 0 Å². The number of hydrogen-bond acceptors (Lipinski definition) is 2. The SMILES string of the molecule is CCc1ccccc1C(O)c1cnn(-c2ccccc2)c1. The van der Waals surface area contributed by atoms with Crippen molar-refractivity contribution in [3.63, 3.8) is 0 Å². The van der Waals surface area contributed by atoms with Crippen molar-refractivity contribution in [3.05, 3.63) is 83.7 Å². The van der Waals surface area contributed by atoms with E-state index in [4.69, 9.17) is 0 Å². The van der Waals surface area contributed by atoms with E-state index >= 15 is 0 Å². The third-order valence-electron chi connectivity index (χ3n) is 3.67. The maximum Gasteiger partial charge on any atom is 0.107 e. The molecule has 1 N–H and O–H groups in total. The van der Waals surface area contributed by atoms with Crippen LogP contribution in [0.1, 0.15) is 29.7 Å². The molecule has 3 aromatic rings. The molecule has 0 aliphatic rings. The first-order valence-electron chi connectivity index (χ1n) is 7.15. The Balaban J connectivity index is 1.93. The van der Waals surface area contributed by atoms with Gasteiger partial charge in [0.15, 0.2) is 0 Å². The van der Waals surface area contributed by atoms with Crippen molar-refractivity contribution in [1.29, 1.82) is 0 Å². The highest BCUT2D eigenvalue weighted by molar-refractivity contribution is 5.36. The van der Waals surface area contributed by atoms with Crippen molar-refractivity contribution in [2.24, 2.45) is 0 Å². The van der Waals surface area contributed by atoms with Crippen molar-refractivity contribution in [2.75, 3.05) is 0 Å². The van der Waals surface area contributed by atoms with Crippen molar-refractivity contribution in [3.8, 4) is 5.69 Å². The summed E-state index contributed by atoms with van der Waals surface area (Å²) in [5, 5.41) is 15.0. The lowest BCUT2D eigenvalue weighted by molar-refractivity contribution is 0.219. The molecule has 0 saturated carbocycles. The molecular weight excluding hydrogens is 260 g/mol. The predicted molar refractivity (Wildman–Crippen MR) is 83.4 cm³/mol. The molecule has 0 amide bonds. The Kier molecular flexibility index (Phi) is 3.84. The van der Waals surface area contributed by atoms with Gasteiger partial charge >= 0.3 is 0 Å². The van der Waals surface area contributed by atoms with Gasteiger partial charge in [0, 0.05) is 11.8 Å². The summed E-state index contributed by atoms with van der Waals surface area (Å²) in [6.45, 7) is 2.10. The molecule has 0 spiro atoms. The van der Waals surface area contributed by atoms with Gasteiger partial charge in [-0.15, -0.1) is 0 Å². The Morgan fingerprint density at radius 3 is 2.52 bits per heavy atom. The molecule has 1 aromatic heterocycles. The summed E-state index contributed by atoms with van der Waals surface area (Å²) in [5.74, 6) is 0. The first kappa shape index (κ1) is 13.6. The van der Waals surface area contributed by atoms with E-state index in [9.17, 15) is 5.11 Å². The van der Waals surface area contributed by atoms with Gasteiger partial charge in [0.25, 0.3) is 0 Å². The third kappa shape index (κ3) is 2.73. The normalized spacial score (nSPS) is 12.3. The standard InChI is InChI=1S/C18H18N2O/c1-2-14-8-6-7-11-17(14)18(21)15-12-19-20(13-15)16-9-4-3-5-10-16/h3-13,18,21H,2H2,1H3. The first-order chi connectivity index (χ1) is 10.3. The van der Waals surface area contributed by atoms with Gasteiger partial charge in [-0.1, -0.05) is 49.4 Å². The lowest BCUT2D eigenvalue weighted by atomic mass is 9.97. The summed E-state index contributed by atoms with van der Waals surface area (Å²) >= 11 is 0. The molecule has 3 rings (SSSR count). The molecule has 2 aromatic carbocycles. The second kappa shape index (κ2) is 5.94. The number of para-hydroxylation sites is 1. The van der Waals surface area contributed by atoms with E-state index in [2.05, 4.69) is 18.1 Å². The second-order valence-electron chi connectivity index (χ2n) is 5.01. The van der Waals surface area contributed by atoms with Gasteiger partial charge < -0.3 is 5.11 Å². The average molecular weight is 278 g/mol. The summed E-state index contributed by atoms with van der Waals surface area (Å²) < 4.78 is 1.78. The smallest absolute Gasteiger partial charge is 0.107 e. The molecule has 0 aliphatic carbocycles. The number of nitrogens with zero attached hydrogens (tertiary/aromatic N) is 2. The molecular formula is C18H18N2O. The van der Waals surface area contributed by atoms with E-state index in [-0.39, 0.29) is 0 Å². The topological polar surface area (TPSA) is 38.1 Å². The Morgan fingerprint density at radius 2 is 1.76 bits per heavy atom. The van der Waals surface area contributed by atoms with Crippen LogP contribution in [0.4, 0.5) is 0 Å². The van der Waals surface area contributed by atoms with Crippen molar-refractivity contribution >= 4 is 0 Å². The fourth-order valence-corrected chi connectivity index (χ4v) is 2.50. The molecule has 1 atom stereocenters. The van der Waals surface area contributed by atoms with Gasteiger partial charge in [0.05, 0.1) is 11.9 Å². The number of hydrogen-bond donors (Lipinski definition) is 1. The Labute approximate surface area is 124 Å². The molecule has 1 heterocycles. The molecule has 1 unspecified atom stereocenters. The molecule has 0 bridgehead atoms. The molecule has 0 radical (unpaired) electrons. The van der Waals surface area contributed by atoms with Crippen molar-refractivity contribution in [1.82, 2.24) is 9.78 Å². The molecule has 3 heteroatoms. The summed E-state index contributed by atoms with van der Waals surface area (Å²) in [6.07, 6.45) is 3.87. The molecule has 21 heavy (non-hydrogen) atoms. The summed E-state index contributed by atoms with van der Waals surface area (Å²) in [5.41, 5.74) is 3.91. The van der Waals surface area contributed by atoms with Crippen molar-refractivity contribution < 1.29 is 5.11 Å². The largest absolute Gasteiger partial charge is 0.384 e. The maximum absolute atomic E-state index is 10.6. The third-order valence-corrected chi connectivity index (χ3v) is 3.67. The zero-order valence-corrected chi connectivity index (χ0v) is 12.0. The van der Waals surface area contributed by atoms with Crippen molar-refractivity contribution in [2.45, 2.75) is 19.4 Å². The van der Waals surface area contributed by atoms with Crippen LogP contribution in [-0.2, 0) is 6.42 Å². The van der Waals surface area contributed by atoms with Crippen LogP contribution < -0.4 is 0 Å². The van der Waals surface area contributed by atoms with E-state index in [1.807, 2.05) is 54.7 Å². The summed E-state index contributed by atoms with van der Waals surface area (Å²) in [4.78, 5) is 0. The highest BCUT2D eigenvalue weighted by Crippen LogP contribution is 2.25. The Bertz CT molecular complexity index is 719. The van der Waals surface area contributed by atoms with Crippen LogP contribution in [0.15, 0.2) is 67.0 Å². The molecule has 0 saturated heterocycles. The molecule has 3 nitrogen and oxygen atoms in total. The van der Waals surface area contributed by atoms with Crippen LogP contribution in [0.25, 0.3) is 5.69 Å². The molecule has 106 valence electrons. The van der Waals surface area contributed by atoms with E-state index in [1.54, 1.807) is 10.9 Å². The van der Waals surface area contributed by atoms with Gasteiger partial charge in [-0.2, -0.15) is 5.10 Å². The molecule has 0 aliphatic heterocycles. The van der Waals surface area contributed by atoms with Crippen LogP contribution in [-0.4, -0.2) is 14.9 Å². The Hall–Kier alpha value is -2.39. The maximum atomic E-state index is 10.6. The lowest BCUT2D eigenvalue weighted by Crippen LogP contribution is -2.02. The van der Waals surface area contributed by atoms with Gasteiger partial charge in [0.1, 0.15) is 6.10 Å². The lowest BCUT2D eigenvalue weighted by Gasteiger charge is -2.13. The highest BCUT2D eigenvalue weighted by atomic mass is 16.3. The highest BCUT2D eigenvalue weighted by Gasteiger charge is 2.15. The minimum atomic E-state index is -0.640. The zero-order valence-electron chi connectivity index (χ0n) is 12.0. The van der Waals surface area contributed by atoms with Crippen LogP contribution in [0.2, 0.25) is 0 Å². The van der Waals surface area contributed by atoms with E-state index in [0.29, 0.717) is 0 Å². The van der Waals surface area contributed by atoms with Gasteiger partial charge in [-0.3, -0.25) is 0 Å². The summed E-state index contributed by atoms with van der Waals surface area (Å²) in [7, 11) is 0. The van der Waals surface area contributed by atoms with Gasteiger partial charge in [-0.05, 0) is 29.7 Å². The quantitative estimate of drug-likeness (QED) is 0.793. The van der Waals surface area contributed by atoms with E-state index < -0.39 is 6.10 Å². The number of rotatable bonds is 4. The van der Waals surface area contributed by atoms with Gasteiger partial charge in [0.2, 0.25) is 0 Å². The minimum absolute atomic E-state index is 0.640. The number of aliphatic hydroxyl groups is 1. The number of aryl methyl sites for hydroxylation is 1. The predicted octanol–water partition coefficient (Wildman–Crippen LogP) is 3.52. The van der Waals surface area contributed by atoms with E-state index in [1.165, 1.54) is 0 Å². The first-order valence-corrected chi connectivity index (χ1v) is 7.15. The van der Waals surface area contributed by atoms with Gasteiger partial charge in [-0.25, -0.2) is 4.68 Å². The van der Waals surface area contributed by atoms with Crippen LogP contribution in [0.3, 0.4) is 0 Å². The minimum Gasteiger partial charge on any atom is -0.384 e. The number of benzene rings is 2.